The van der Waals surface area contributed by atoms with E-state index in [2.05, 4.69) is 0 Å². The van der Waals surface area contributed by atoms with E-state index in [9.17, 15) is 10.1 Å². The highest BCUT2D eigenvalue weighted by Crippen LogP contribution is 2.42. The molecule has 0 bridgehead atoms. The van der Waals surface area contributed by atoms with Crippen molar-refractivity contribution in [3.8, 4) is 0 Å². The van der Waals surface area contributed by atoms with Crippen molar-refractivity contribution in [2.45, 2.75) is 0 Å². The standard InChI is InChI=1S/C6HCl4NO2/c7-2-1-3(8)5(10)6(4(2)9)11(12)13/h1H/i1D. The second-order valence-corrected chi connectivity index (χ2v) is 3.50. The summed E-state index contributed by atoms with van der Waals surface area (Å²) in [7, 11) is 0. The molecule has 3 nitrogen and oxygen atoms in total. The Morgan fingerprint density at radius 1 is 1.23 bits per heavy atom. The molecular weight excluding hydrogens is 260 g/mol. The third-order valence-electron chi connectivity index (χ3n) is 1.20. The first-order valence-electron chi connectivity index (χ1n) is 3.34. The zero-order valence-electron chi connectivity index (χ0n) is 6.78. The molecule has 0 aromatic heterocycles. The molecule has 0 aliphatic rings. The Morgan fingerprint density at radius 3 is 1.92 bits per heavy atom. The zero-order chi connectivity index (χ0) is 11.0. The van der Waals surface area contributed by atoms with Gasteiger partial charge in [-0.15, -0.1) is 0 Å². The van der Waals surface area contributed by atoms with Crippen molar-refractivity contribution in [1.29, 1.82) is 0 Å². The Hall–Kier alpha value is -0.220. The van der Waals surface area contributed by atoms with Crippen LogP contribution in [0.15, 0.2) is 6.04 Å². The molecular formula is C6HCl4NO2. The Labute approximate surface area is 94.7 Å². The Morgan fingerprint density at radius 2 is 1.62 bits per heavy atom. The molecule has 0 amide bonds. The summed E-state index contributed by atoms with van der Waals surface area (Å²) in [6, 6.07) is -0.325. The summed E-state index contributed by atoms with van der Waals surface area (Å²) >= 11 is 22.1. The lowest BCUT2D eigenvalue weighted by atomic mass is 10.3. The number of hydrogen-bond donors (Lipinski definition) is 0. The van der Waals surface area contributed by atoms with Crippen molar-refractivity contribution < 1.29 is 6.29 Å². The highest BCUT2D eigenvalue weighted by molar-refractivity contribution is 6.49. The maximum atomic E-state index is 10.5. The number of halogens is 4. The minimum absolute atomic E-state index is 0.284. The number of benzene rings is 1. The highest BCUT2D eigenvalue weighted by Gasteiger charge is 2.23. The first kappa shape index (κ1) is 9.34. The Bertz CT molecular complexity index is 394. The van der Waals surface area contributed by atoms with Gasteiger partial charge in [0.05, 0.1) is 16.3 Å². The van der Waals surface area contributed by atoms with Crippen LogP contribution in [0.2, 0.25) is 20.1 Å². The van der Waals surface area contributed by atoms with Crippen molar-refractivity contribution in [3.05, 3.63) is 36.2 Å². The fraction of sp³-hybridized carbons (Fsp3) is 0. The van der Waals surface area contributed by atoms with Crippen LogP contribution in [0, 0.1) is 10.1 Å². The van der Waals surface area contributed by atoms with Gasteiger partial charge in [-0.3, -0.25) is 10.1 Å². The number of hydrogen-bond acceptors (Lipinski definition) is 2. The molecule has 0 fully saturated rings. The summed E-state index contributed by atoms with van der Waals surface area (Å²) in [4.78, 5) is 9.71. The predicted octanol–water partition coefficient (Wildman–Crippen LogP) is 4.21. The molecule has 13 heavy (non-hydrogen) atoms. The van der Waals surface area contributed by atoms with Gasteiger partial charge in [0, 0.05) is 0 Å². The van der Waals surface area contributed by atoms with E-state index >= 15 is 0 Å². The van der Waals surface area contributed by atoms with Gasteiger partial charge < -0.3 is 0 Å². The summed E-state index contributed by atoms with van der Waals surface area (Å²) in [5, 5.41) is 9.19. The summed E-state index contributed by atoms with van der Waals surface area (Å²) in [6.45, 7) is 0. The molecule has 1 rings (SSSR count). The van der Waals surface area contributed by atoms with Gasteiger partial charge in [0.25, 0.3) is 0 Å². The van der Waals surface area contributed by atoms with E-state index in [1.165, 1.54) is 0 Å². The lowest BCUT2D eigenvalue weighted by molar-refractivity contribution is -0.384. The van der Waals surface area contributed by atoms with Crippen LogP contribution in [0.5, 0.6) is 0 Å². The van der Waals surface area contributed by atoms with Gasteiger partial charge in [0.1, 0.15) is 10.0 Å². The third-order valence-corrected chi connectivity index (χ3v) is 2.70. The lowest BCUT2D eigenvalue weighted by Crippen LogP contribution is -1.91. The van der Waals surface area contributed by atoms with E-state index in [1.54, 1.807) is 0 Å². The minimum Gasteiger partial charge on any atom is -0.258 e. The second kappa shape index (κ2) is 3.88. The summed E-state index contributed by atoms with van der Waals surface area (Å²) in [5.41, 5.74) is -0.584. The normalized spacial score (nSPS) is 11.2. The first-order chi connectivity index (χ1) is 6.37. The molecule has 0 unspecified atom stereocenters. The van der Waals surface area contributed by atoms with Crippen LogP contribution in [0.3, 0.4) is 0 Å². The molecule has 7 heteroatoms. The van der Waals surface area contributed by atoms with Crippen molar-refractivity contribution >= 4 is 52.1 Å². The third kappa shape index (κ3) is 1.99. The van der Waals surface area contributed by atoms with E-state index < -0.39 is 10.6 Å². The molecule has 1 aromatic rings. The maximum Gasteiger partial charge on any atom is 0.309 e. The average Bonchev–Trinajstić information content (AvgIpc) is 2.11. The Balaban J connectivity index is 3.68. The molecule has 0 saturated carbocycles. The average molecular weight is 262 g/mol. The molecule has 1 aromatic carbocycles. The van der Waals surface area contributed by atoms with E-state index in [-0.39, 0.29) is 26.1 Å². The van der Waals surface area contributed by atoms with Gasteiger partial charge in [0.15, 0.2) is 0 Å². The maximum absolute atomic E-state index is 10.5. The van der Waals surface area contributed by atoms with Gasteiger partial charge in [-0.2, -0.15) is 0 Å². The molecule has 0 N–H and O–H groups in total. The van der Waals surface area contributed by atoms with E-state index in [0.29, 0.717) is 0 Å². The zero-order valence-corrected chi connectivity index (χ0v) is 8.80. The number of nitro groups is 1. The van der Waals surface area contributed by atoms with Crippen LogP contribution in [0.4, 0.5) is 5.69 Å². The van der Waals surface area contributed by atoms with Crippen LogP contribution in [0.1, 0.15) is 1.37 Å². The largest absolute Gasteiger partial charge is 0.309 e. The predicted molar refractivity (Wildman–Crippen MR) is 53.1 cm³/mol. The number of nitro benzene ring substituents is 1. The molecule has 0 atom stereocenters. The number of nitrogens with zero attached hydrogens (tertiary/aromatic N) is 1. The molecule has 0 radical (unpaired) electrons. The Kier molecular flexibility index (Phi) is 2.79. The van der Waals surface area contributed by atoms with Crippen LogP contribution >= 0.6 is 46.4 Å². The van der Waals surface area contributed by atoms with Crippen LogP contribution in [-0.4, -0.2) is 4.92 Å². The molecule has 0 aliphatic heterocycles. The summed E-state index contributed by atoms with van der Waals surface area (Å²) < 4.78 is 7.31. The van der Waals surface area contributed by atoms with Crippen molar-refractivity contribution in [3.63, 3.8) is 0 Å². The van der Waals surface area contributed by atoms with Gasteiger partial charge in [-0.25, -0.2) is 0 Å². The van der Waals surface area contributed by atoms with Crippen molar-refractivity contribution in [1.82, 2.24) is 0 Å². The first-order valence-corrected chi connectivity index (χ1v) is 4.36. The molecule has 0 heterocycles. The summed E-state index contributed by atoms with van der Waals surface area (Å²) in [5.74, 6) is 0. The second-order valence-electron chi connectivity index (χ2n) is 1.99. The SMILES string of the molecule is [2H]c1c(Cl)c(Cl)c([N+](=O)[O-])c(Cl)c1Cl. The molecule has 0 saturated heterocycles. The van der Waals surface area contributed by atoms with Gasteiger partial charge in [-0.1, -0.05) is 46.4 Å². The lowest BCUT2D eigenvalue weighted by Gasteiger charge is -2.01. The highest BCUT2D eigenvalue weighted by atomic mass is 35.5. The van der Waals surface area contributed by atoms with Crippen molar-refractivity contribution in [2.24, 2.45) is 0 Å². The smallest absolute Gasteiger partial charge is 0.258 e. The van der Waals surface area contributed by atoms with E-state index in [0.717, 1.165) is 0 Å². The monoisotopic (exact) mass is 260 g/mol. The quantitative estimate of drug-likeness (QED) is 0.432. The molecule has 0 spiro atoms. The fourth-order valence-corrected chi connectivity index (χ4v) is 1.56. The van der Waals surface area contributed by atoms with Gasteiger partial charge in [-0.05, 0) is 6.04 Å². The summed E-state index contributed by atoms with van der Waals surface area (Å²) in [6.07, 6.45) is 0. The van der Waals surface area contributed by atoms with E-state index in [4.69, 9.17) is 47.8 Å². The fourth-order valence-electron chi connectivity index (χ4n) is 0.671. The topological polar surface area (TPSA) is 43.1 Å². The molecule has 0 aliphatic carbocycles. The van der Waals surface area contributed by atoms with Crippen LogP contribution < -0.4 is 0 Å². The van der Waals surface area contributed by atoms with Crippen LogP contribution in [-0.2, 0) is 0 Å². The van der Waals surface area contributed by atoms with E-state index in [1.807, 2.05) is 0 Å². The number of rotatable bonds is 1. The van der Waals surface area contributed by atoms with Gasteiger partial charge >= 0.3 is 5.69 Å². The van der Waals surface area contributed by atoms with Gasteiger partial charge in [0.2, 0.25) is 0 Å². The van der Waals surface area contributed by atoms with Crippen LogP contribution in [0.25, 0.3) is 0 Å². The minimum atomic E-state index is -0.804. The molecule has 70 valence electrons. The van der Waals surface area contributed by atoms with Crippen molar-refractivity contribution in [2.75, 3.05) is 0 Å².